The summed E-state index contributed by atoms with van der Waals surface area (Å²) >= 11 is 0. The number of rotatable bonds is 5. The number of carboxylic acids is 1. The molecule has 152 valence electrons. The standard InChI is InChI=1S/C24H22N2O4/c27-22(28)15-21-24(30)25(16-17-7-2-1-3-8-17)13-14-26(21)23(29)20-12-6-10-18-9-4-5-11-19(18)20/h1-12,21H,13-16H2,(H,27,28). The minimum atomic E-state index is -1.11. The lowest BCUT2D eigenvalue weighted by Gasteiger charge is -2.40. The van der Waals surface area contributed by atoms with E-state index in [-0.39, 0.29) is 11.8 Å². The molecular weight excluding hydrogens is 380 g/mol. The molecular formula is C24H22N2O4. The summed E-state index contributed by atoms with van der Waals surface area (Å²) in [4.78, 5) is 41.1. The Morgan fingerprint density at radius 1 is 0.900 bits per heavy atom. The van der Waals surface area contributed by atoms with Crippen LogP contribution < -0.4 is 0 Å². The lowest BCUT2D eigenvalue weighted by atomic mass is 10.0. The second-order valence-corrected chi connectivity index (χ2v) is 7.38. The van der Waals surface area contributed by atoms with Gasteiger partial charge >= 0.3 is 5.97 Å². The summed E-state index contributed by atoms with van der Waals surface area (Å²) in [5.74, 6) is -1.75. The van der Waals surface area contributed by atoms with Gasteiger partial charge in [0.15, 0.2) is 0 Å². The van der Waals surface area contributed by atoms with E-state index < -0.39 is 18.4 Å². The van der Waals surface area contributed by atoms with Gasteiger partial charge in [-0.1, -0.05) is 66.7 Å². The van der Waals surface area contributed by atoms with E-state index in [9.17, 15) is 19.5 Å². The normalized spacial score (nSPS) is 16.7. The predicted octanol–water partition coefficient (Wildman–Crippen LogP) is 3.17. The van der Waals surface area contributed by atoms with Crippen LogP contribution in [0.2, 0.25) is 0 Å². The zero-order valence-corrected chi connectivity index (χ0v) is 16.4. The zero-order chi connectivity index (χ0) is 21.1. The topological polar surface area (TPSA) is 77.9 Å². The number of carbonyl (C=O) groups is 3. The maximum Gasteiger partial charge on any atom is 0.305 e. The lowest BCUT2D eigenvalue weighted by Crippen LogP contribution is -2.59. The first-order valence-corrected chi connectivity index (χ1v) is 9.88. The average molecular weight is 402 g/mol. The number of aliphatic carboxylic acids is 1. The Morgan fingerprint density at radius 2 is 1.60 bits per heavy atom. The van der Waals surface area contributed by atoms with Gasteiger partial charge in [0.2, 0.25) is 5.91 Å². The van der Waals surface area contributed by atoms with Gasteiger partial charge in [0.25, 0.3) is 5.91 Å². The molecule has 30 heavy (non-hydrogen) atoms. The van der Waals surface area contributed by atoms with Gasteiger partial charge < -0.3 is 14.9 Å². The van der Waals surface area contributed by atoms with Crippen LogP contribution in [0, 0.1) is 0 Å². The van der Waals surface area contributed by atoms with E-state index in [0.29, 0.717) is 25.2 Å². The number of carboxylic acid groups (broad SMARTS) is 1. The number of amides is 2. The van der Waals surface area contributed by atoms with Crippen molar-refractivity contribution in [2.24, 2.45) is 0 Å². The second-order valence-electron chi connectivity index (χ2n) is 7.38. The van der Waals surface area contributed by atoms with Crippen LogP contribution in [-0.4, -0.2) is 51.8 Å². The fraction of sp³-hybridized carbons (Fsp3) is 0.208. The average Bonchev–Trinajstić information content (AvgIpc) is 2.76. The van der Waals surface area contributed by atoms with Crippen LogP contribution >= 0.6 is 0 Å². The van der Waals surface area contributed by atoms with Crippen molar-refractivity contribution in [2.45, 2.75) is 19.0 Å². The maximum atomic E-state index is 13.4. The molecule has 1 N–H and O–H groups in total. The number of benzene rings is 3. The van der Waals surface area contributed by atoms with Gasteiger partial charge in [-0.3, -0.25) is 14.4 Å². The second kappa shape index (κ2) is 8.37. The largest absolute Gasteiger partial charge is 0.481 e. The van der Waals surface area contributed by atoms with Crippen molar-refractivity contribution in [1.29, 1.82) is 0 Å². The van der Waals surface area contributed by atoms with Gasteiger partial charge in [-0.05, 0) is 22.4 Å². The molecule has 4 rings (SSSR count). The van der Waals surface area contributed by atoms with E-state index in [4.69, 9.17) is 0 Å². The highest BCUT2D eigenvalue weighted by molar-refractivity contribution is 6.08. The highest BCUT2D eigenvalue weighted by Crippen LogP contribution is 2.24. The first kappa shape index (κ1) is 19.6. The van der Waals surface area contributed by atoms with Crippen molar-refractivity contribution in [2.75, 3.05) is 13.1 Å². The van der Waals surface area contributed by atoms with E-state index in [2.05, 4.69) is 0 Å². The fourth-order valence-electron chi connectivity index (χ4n) is 3.97. The van der Waals surface area contributed by atoms with Crippen LogP contribution in [0.4, 0.5) is 0 Å². The first-order valence-electron chi connectivity index (χ1n) is 9.88. The van der Waals surface area contributed by atoms with E-state index in [1.807, 2.05) is 60.7 Å². The smallest absolute Gasteiger partial charge is 0.305 e. The van der Waals surface area contributed by atoms with Gasteiger partial charge in [0.05, 0.1) is 6.42 Å². The molecule has 0 saturated carbocycles. The fourth-order valence-corrected chi connectivity index (χ4v) is 3.97. The Balaban J connectivity index is 1.63. The first-order chi connectivity index (χ1) is 14.5. The summed E-state index contributed by atoms with van der Waals surface area (Å²) in [7, 11) is 0. The molecule has 0 spiro atoms. The van der Waals surface area contributed by atoms with Crippen LogP contribution in [0.5, 0.6) is 0 Å². The molecule has 1 fully saturated rings. The Morgan fingerprint density at radius 3 is 2.37 bits per heavy atom. The quantitative estimate of drug-likeness (QED) is 0.711. The molecule has 0 aromatic heterocycles. The van der Waals surface area contributed by atoms with Gasteiger partial charge in [0, 0.05) is 25.2 Å². The lowest BCUT2D eigenvalue weighted by molar-refractivity contribution is -0.148. The van der Waals surface area contributed by atoms with Gasteiger partial charge in [-0.25, -0.2) is 0 Å². The SMILES string of the molecule is O=C(O)CC1C(=O)N(Cc2ccccc2)CCN1C(=O)c1cccc2ccccc12. The van der Waals surface area contributed by atoms with Crippen molar-refractivity contribution in [3.8, 4) is 0 Å². The number of piperazine rings is 1. The number of carbonyl (C=O) groups excluding carboxylic acids is 2. The van der Waals surface area contributed by atoms with E-state index in [0.717, 1.165) is 16.3 Å². The van der Waals surface area contributed by atoms with Crippen LogP contribution in [-0.2, 0) is 16.1 Å². The summed E-state index contributed by atoms with van der Waals surface area (Å²) in [6.07, 6.45) is -0.416. The zero-order valence-electron chi connectivity index (χ0n) is 16.4. The summed E-state index contributed by atoms with van der Waals surface area (Å²) in [6.45, 7) is 1.05. The van der Waals surface area contributed by atoms with Crippen LogP contribution in [0.25, 0.3) is 10.8 Å². The maximum absolute atomic E-state index is 13.4. The van der Waals surface area contributed by atoms with Crippen LogP contribution in [0.3, 0.4) is 0 Å². The van der Waals surface area contributed by atoms with E-state index in [1.165, 1.54) is 4.90 Å². The third-order valence-corrected chi connectivity index (χ3v) is 5.45. The number of fused-ring (bicyclic) bond motifs is 1. The van der Waals surface area contributed by atoms with Gasteiger partial charge in [-0.2, -0.15) is 0 Å². The Bertz CT molecular complexity index is 1090. The summed E-state index contributed by atoms with van der Waals surface area (Å²) < 4.78 is 0. The molecule has 3 aromatic rings. The Kier molecular flexibility index (Phi) is 5.48. The van der Waals surface area contributed by atoms with Gasteiger partial charge in [0.1, 0.15) is 6.04 Å². The molecule has 1 unspecified atom stereocenters. The van der Waals surface area contributed by atoms with Crippen LogP contribution in [0.15, 0.2) is 72.8 Å². The monoisotopic (exact) mass is 402 g/mol. The summed E-state index contributed by atoms with van der Waals surface area (Å²) in [6, 6.07) is 21.5. The highest BCUT2D eigenvalue weighted by Gasteiger charge is 2.39. The molecule has 1 atom stereocenters. The van der Waals surface area contributed by atoms with E-state index >= 15 is 0 Å². The minimum Gasteiger partial charge on any atom is -0.481 e. The number of hydrogen-bond acceptors (Lipinski definition) is 3. The van der Waals surface area contributed by atoms with E-state index in [1.54, 1.807) is 17.0 Å². The van der Waals surface area contributed by atoms with Crippen LogP contribution in [0.1, 0.15) is 22.3 Å². The number of hydrogen-bond donors (Lipinski definition) is 1. The minimum absolute atomic E-state index is 0.290. The third-order valence-electron chi connectivity index (χ3n) is 5.45. The molecule has 1 heterocycles. The van der Waals surface area contributed by atoms with Crippen molar-refractivity contribution < 1.29 is 19.5 Å². The molecule has 2 amide bonds. The van der Waals surface area contributed by atoms with Crippen molar-refractivity contribution in [1.82, 2.24) is 9.80 Å². The summed E-state index contributed by atoms with van der Waals surface area (Å²) in [5, 5.41) is 11.1. The molecule has 6 nitrogen and oxygen atoms in total. The van der Waals surface area contributed by atoms with Gasteiger partial charge in [-0.15, -0.1) is 0 Å². The Hall–Kier alpha value is -3.67. The summed E-state index contributed by atoms with van der Waals surface area (Å²) in [5.41, 5.74) is 1.45. The Labute approximate surface area is 174 Å². The molecule has 1 aliphatic rings. The number of nitrogens with zero attached hydrogens (tertiary/aromatic N) is 2. The van der Waals surface area contributed by atoms with Crippen molar-refractivity contribution >= 4 is 28.6 Å². The molecule has 1 aliphatic heterocycles. The molecule has 0 aliphatic carbocycles. The van der Waals surface area contributed by atoms with Crippen molar-refractivity contribution in [3.05, 3.63) is 83.9 Å². The molecule has 6 heteroatoms. The van der Waals surface area contributed by atoms with Crippen molar-refractivity contribution in [3.63, 3.8) is 0 Å². The molecule has 3 aromatic carbocycles. The highest BCUT2D eigenvalue weighted by atomic mass is 16.4. The molecule has 1 saturated heterocycles. The molecule has 0 bridgehead atoms. The third kappa shape index (κ3) is 3.89. The molecule has 0 radical (unpaired) electrons. The predicted molar refractivity (Wildman–Crippen MR) is 113 cm³/mol.